The van der Waals surface area contributed by atoms with Crippen LogP contribution in [-0.2, 0) is 20.6 Å². The number of sulfonamides is 1. The Morgan fingerprint density at radius 1 is 0.971 bits per heavy atom. The highest BCUT2D eigenvalue weighted by atomic mass is 35.5. The summed E-state index contributed by atoms with van der Waals surface area (Å²) in [5, 5.41) is 3.30. The fourth-order valence-corrected chi connectivity index (χ4v) is 5.97. The Bertz CT molecular complexity index is 1260. The molecule has 1 amide bonds. The predicted molar refractivity (Wildman–Crippen MR) is 147 cm³/mol. The van der Waals surface area contributed by atoms with Crippen LogP contribution >= 0.6 is 23.4 Å². The average molecular weight is 531 g/mol. The van der Waals surface area contributed by atoms with Gasteiger partial charge in [0, 0.05) is 17.3 Å². The number of amides is 1. The number of carbonyl (C=O) groups is 1. The van der Waals surface area contributed by atoms with Crippen molar-refractivity contribution in [2.24, 2.45) is 0 Å². The third-order valence-corrected chi connectivity index (χ3v) is 8.79. The number of nitrogens with zero attached hydrogens (tertiary/aromatic N) is 1. The van der Waals surface area contributed by atoms with Gasteiger partial charge in [-0.15, -0.1) is 0 Å². The Morgan fingerprint density at radius 2 is 1.71 bits per heavy atom. The fraction of sp³-hybridized carbons (Fsp3) is 0.296. The zero-order chi connectivity index (χ0) is 25.4. The summed E-state index contributed by atoms with van der Waals surface area (Å²) in [6.45, 7) is 5.96. The summed E-state index contributed by atoms with van der Waals surface area (Å²) in [6.07, 6.45) is 0.795. The molecule has 3 aromatic rings. The SMILES string of the molecule is Cc1ccc(S(=O)(=O)N(CC(=O)NCCCSCc2cccc(C)c2)c2ccc(C)c(Cl)c2)cc1. The van der Waals surface area contributed by atoms with Crippen LogP contribution in [0, 0.1) is 20.8 Å². The number of anilines is 1. The van der Waals surface area contributed by atoms with Gasteiger partial charge >= 0.3 is 0 Å². The van der Waals surface area contributed by atoms with Gasteiger partial charge in [0.05, 0.1) is 10.6 Å². The fourth-order valence-electron chi connectivity index (χ4n) is 3.47. The average Bonchev–Trinajstić information content (AvgIpc) is 2.82. The van der Waals surface area contributed by atoms with Gasteiger partial charge < -0.3 is 5.32 Å². The van der Waals surface area contributed by atoms with E-state index < -0.39 is 10.0 Å². The maximum absolute atomic E-state index is 13.4. The minimum absolute atomic E-state index is 0.125. The molecule has 0 aliphatic heterocycles. The highest BCUT2D eigenvalue weighted by molar-refractivity contribution is 7.98. The van der Waals surface area contributed by atoms with Crippen LogP contribution in [0.2, 0.25) is 5.02 Å². The summed E-state index contributed by atoms with van der Waals surface area (Å²) in [6, 6.07) is 20.0. The summed E-state index contributed by atoms with van der Waals surface area (Å²) in [5.74, 6) is 1.46. The molecule has 1 N–H and O–H groups in total. The van der Waals surface area contributed by atoms with Crippen molar-refractivity contribution in [1.29, 1.82) is 0 Å². The molecule has 186 valence electrons. The maximum atomic E-state index is 13.4. The van der Waals surface area contributed by atoms with E-state index in [0.29, 0.717) is 17.3 Å². The van der Waals surface area contributed by atoms with Gasteiger partial charge in [-0.25, -0.2) is 8.42 Å². The normalized spacial score (nSPS) is 11.3. The van der Waals surface area contributed by atoms with Crippen LogP contribution in [0.1, 0.15) is 28.7 Å². The van der Waals surface area contributed by atoms with E-state index in [1.165, 1.54) is 11.1 Å². The monoisotopic (exact) mass is 530 g/mol. The lowest BCUT2D eigenvalue weighted by molar-refractivity contribution is -0.119. The molecule has 0 aromatic heterocycles. The molecule has 3 rings (SSSR count). The molecule has 0 fully saturated rings. The molecule has 3 aromatic carbocycles. The Balaban J connectivity index is 1.62. The number of carbonyl (C=O) groups excluding carboxylic acids is 1. The van der Waals surface area contributed by atoms with E-state index in [9.17, 15) is 13.2 Å². The van der Waals surface area contributed by atoms with E-state index in [-0.39, 0.29) is 17.3 Å². The van der Waals surface area contributed by atoms with Crippen LogP contribution in [0.25, 0.3) is 0 Å². The second-order valence-corrected chi connectivity index (χ2v) is 11.9. The largest absolute Gasteiger partial charge is 0.354 e. The standard InChI is InChI=1S/C27H31ClN2O3S2/c1-20-8-12-25(13-9-20)35(32,33)30(24-11-10-22(3)26(28)17-24)18-27(31)29-14-5-15-34-19-23-7-4-6-21(2)16-23/h4,6-13,16-17H,5,14-15,18-19H2,1-3H3,(H,29,31). The predicted octanol–water partition coefficient (Wildman–Crippen LogP) is 5.90. The van der Waals surface area contributed by atoms with Crippen LogP contribution in [-0.4, -0.2) is 33.2 Å². The maximum Gasteiger partial charge on any atom is 0.264 e. The molecule has 0 heterocycles. The van der Waals surface area contributed by atoms with Crippen LogP contribution in [0.15, 0.2) is 71.6 Å². The Hall–Kier alpha value is -2.48. The van der Waals surface area contributed by atoms with E-state index in [2.05, 4.69) is 36.5 Å². The second kappa shape index (κ2) is 12.5. The molecule has 0 aliphatic rings. The van der Waals surface area contributed by atoms with E-state index >= 15 is 0 Å². The molecule has 5 nitrogen and oxygen atoms in total. The topological polar surface area (TPSA) is 66.5 Å². The van der Waals surface area contributed by atoms with Crippen molar-refractivity contribution in [2.75, 3.05) is 23.1 Å². The molecule has 35 heavy (non-hydrogen) atoms. The van der Waals surface area contributed by atoms with Crippen molar-refractivity contribution in [3.8, 4) is 0 Å². The Kier molecular flexibility index (Phi) is 9.66. The van der Waals surface area contributed by atoms with Gasteiger partial charge in [-0.1, -0.05) is 65.2 Å². The summed E-state index contributed by atoms with van der Waals surface area (Å²) in [4.78, 5) is 12.9. The highest BCUT2D eigenvalue weighted by Crippen LogP contribution is 2.28. The third-order valence-electron chi connectivity index (χ3n) is 5.48. The lowest BCUT2D eigenvalue weighted by Gasteiger charge is -2.24. The smallest absolute Gasteiger partial charge is 0.264 e. The number of rotatable bonds is 11. The Morgan fingerprint density at radius 3 is 2.40 bits per heavy atom. The quantitative estimate of drug-likeness (QED) is 0.313. The molecule has 0 aliphatic carbocycles. The van der Waals surface area contributed by atoms with Crippen LogP contribution < -0.4 is 9.62 Å². The lowest BCUT2D eigenvalue weighted by atomic mass is 10.2. The number of benzene rings is 3. The molecule has 8 heteroatoms. The van der Waals surface area contributed by atoms with Crippen molar-refractivity contribution >= 4 is 45.0 Å². The number of halogens is 1. The van der Waals surface area contributed by atoms with E-state index in [1.54, 1.807) is 42.5 Å². The van der Waals surface area contributed by atoms with Crippen LogP contribution in [0.3, 0.4) is 0 Å². The first-order valence-electron chi connectivity index (χ1n) is 11.4. The summed E-state index contributed by atoms with van der Waals surface area (Å²) in [5.41, 5.74) is 4.66. The first-order chi connectivity index (χ1) is 16.7. The zero-order valence-electron chi connectivity index (χ0n) is 20.3. The molecule has 0 saturated carbocycles. The van der Waals surface area contributed by atoms with Gasteiger partial charge in [-0.05, 0) is 68.3 Å². The minimum atomic E-state index is -3.96. The van der Waals surface area contributed by atoms with Gasteiger partial charge in [0.15, 0.2) is 0 Å². The van der Waals surface area contributed by atoms with Gasteiger partial charge in [0.25, 0.3) is 10.0 Å². The summed E-state index contributed by atoms with van der Waals surface area (Å²) >= 11 is 8.08. The van der Waals surface area contributed by atoms with Gasteiger partial charge in [0.1, 0.15) is 6.54 Å². The molecule has 0 spiro atoms. The van der Waals surface area contributed by atoms with E-state index in [1.807, 2.05) is 25.6 Å². The molecule has 0 saturated heterocycles. The van der Waals surface area contributed by atoms with Crippen molar-refractivity contribution in [2.45, 2.75) is 37.8 Å². The summed E-state index contributed by atoms with van der Waals surface area (Å²) in [7, 11) is -3.96. The number of hydrogen-bond donors (Lipinski definition) is 1. The van der Waals surface area contributed by atoms with E-state index in [0.717, 1.165) is 33.4 Å². The van der Waals surface area contributed by atoms with Gasteiger partial charge in [-0.2, -0.15) is 11.8 Å². The minimum Gasteiger partial charge on any atom is -0.354 e. The Labute approximate surface area is 217 Å². The highest BCUT2D eigenvalue weighted by Gasteiger charge is 2.27. The third kappa shape index (κ3) is 7.75. The molecule has 0 bridgehead atoms. The van der Waals surface area contributed by atoms with Crippen molar-refractivity contribution < 1.29 is 13.2 Å². The first kappa shape index (κ1) is 27.1. The number of nitrogens with one attached hydrogen (secondary N) is 1. The number of hydrogen-bond acceptors (Lipinski definition) is 4. The molecule has 0 atom stereocenters. The second-order valence-electron chi connectivity index (χ2n) is 8.50. The van der Waals surface area contributed by atoms with Crippen LogP contribution in [0.5, 0.6) is 0 Å². The first-order valence-corrected chi connectivity index (χ1v) is 14.4. The molecular formula is C27H31ClN2O3S2. The van der Waals surface area contributed by atoms with Crippen molar-refractivity contribution in [1.82, 2.24) is 5.32 Å². The molecule has 0 unspecified atom stereocenters. The summed E-state index contributed by atoms with van der Waals surface area (Å²) < 4.78 is 28.0. The van der Waals surface area contributed by atoms with Crippen molar-refractivity contribution in [3.63, 3.8) is 0 Å². The van der Waals surface area contributed by atoms with Gasteiger partial charge in [-0.3, -0.25) is 9.10 Å². The number of aryl methyl sites for hydroxylation is 3. The molecule has 0 radical (unpaired) electrons. The molecular weight excluding hydrogens is 500 g/mol. The van der Waals surface area contributed by atoms with Gasteiger partial charge in [0.2, 0.25) is 5.91 Å². The number of thioether (sulfide) groups is 1. The lowest BCUT2D eigenvalue weighted by Crippen LogP contribution is -2.41. The van der Waals surface area contributed by atoms with Crippen LogP contribution in [0.4, 0.5) is 5.69 Å². The zero-order valence-corrected chi connectivity index (χ0v) is 22.6. The van der Waals surface area contributed by atoms with E-state index in [4.69, 9.17) is 11.6 Å². The van der Waals surface area contributed by atoms with Crippen molar-refractivity contribution in [3.05, 3.63) is 94.0 Å².